The molecule has 0 amide bonds. The van der Waals surface area contributed by atoms with Crippen LogP contribution in [0.5, 0.6) is 0 Å². The third kappa shape index (κ3) is 3.18. The predicted molar refractivity (Wildman–Crippen MR) is 78.3 cm³/mol. The Balaban J connectivity index is 2.13. The highest BCUT2D eigenvalue weighted by Crippen LogP contribution is 2.16. The number of ether oxygens (including phenoxy) is 1. The molecule has 2 rings (SSSR count). The van der Waals surface area contributed by atoms with Crippen molar-refractivity contribution in [3.63, 3.8) is 0 Å². The fraction of sp³-hybridized carbons (Fsp3) is 0.500. The van der Waals surface area contributed by atoms with Gasteiger partial charge in [0.1, 0.15) is 0 Å². The Morgan fingerprint density at radius 1 is 1.56 bits per heavy atom. The van der Waals surface area contributed by atoms with Gasteiger partial charge in [0.05, 0.1) is 18.7 Å². The van der Waals surface area contributed by atoms with Crippen LogP contribution in [0, 0.1) is 10.7 Å². The summed E-state index contributed by atoms with van der Waals surface area (Å²) in [6.07, 6.45) is 1.77. The molecular formula is C12H16BrN3OS. The van der Waals surface area contributed by atoms with Crippen LogP contribution in [0.25, 0.3) is 11.2 Å². The molecule has 0 fully saturated rings. The number of halogens is 1. The average molecular weight is 330 g/mol. The van der Waals surface area contributed by atoms with E-state index in [1.165, 1.54) is 0 Å². The number of aromatic amines is 1. The molecule has 0 saturated heterocycles. The topological polar surface area (TPSA) is 42.8 Å². The molecule has 0 bridgehead atoms. The monoisotopic (exact) mass is 329 g/mol. The van der Waals surface area contributed by atoms with Crippen molar-refractivity contribution in [2.75, 3.05) is 13.2 Å². The normalized spacial score (nSPS) is 11.6. The molecule has 0 aliphatic heterocycles. The number of nitrogens with one attached hydrogen (secondary N) is 1. The van der Waals surface area contributed by atoms with E-state index in [0.717, 1.165) is 28.8 Å². The standard InChI is InChI=1S/C12H16BrN3OS/c1-8(2)7-17-4-3-16-11-10(15-12(16)18)5-9(13)6-14-11/h5-6,8H,3-4,7H2,1-2H3,(H,15,18). The van der Waals surface area contributed by atoms with Gasteiger partial charge in [0.25, 0.3) is 0 Å². The first-order valence-corrected chi connectivity index (χ1v) is 7.10. The van der Waals surface area contributed by atoms with Gasteiger partial charge in [-0.25, -0.2) is 4.98 Å². The minimum Gasteiger partial charge on any atom is -0.379 e. The lowest BCUT2D eigenvalue weighted by Crippen LogP contribution is -2.09. The van der Waals surface area contributed by atoms with Crippen molar-refractivity contribution in [1.29, 1.82) is 0 Å². The second-order valence-corrected chi connectivity index (χ2v) is 5.88. The van der Waals surface area contributed by atoms with E-state index in [1.54, 1.807) is 6.20 Å². The number of aromatic nitrogens is 3. The highest BCUT2D eigenvalue weighted by atomic mass is 79.9. The number of hydrogen-bond donors (Lipinski definition) is 1. The zero-order chi connectivity index (χ0) is 13.1. The minimum atomic E-state index is 0.551. The van der Waals surface area contributed by atoms with E-state index < -0.39 is 0 Å². The van der Waals surface area contributed by atoms with E-state index in [1.807, 2.05) is 10.6 Å². The quantitative estimate of drug-likeness (QED) is 0.674. The van der Waals surface area contributed by atoms with Gasteiger partial charge in [-0.1, -0.05) is 13.8 Å². The van der Waals surface area contributed by atoms with Gasteiger partial charge in [-0.15, -0.1) is 0 Å². The zero-order valence-electron chi connectivity index (χ0n) is 10.4. The van der Waals surface area contributed by atoms with Gasteiger partial charge in [-0.2, -0.15) is 0 Å². The van der Waals surface area contributed by atoms with Gasteiger partial charge in [-0.3, -0.25) is 4.57 Å². The van der Waals surface area contributed by atoms with E-state index in [-0.39, 0.29) is 0 Å². The molecule has 18 heavy (non-hydrogen) atoms. The molecular weight excluding hydrogens is 314 g/mol. The largest absolute Gasteiger partial charge is 0.379 e. The molecule has 1 N–H and O–H groups in total. The van der Waals surface area contributed by atoms with Crippen molar-refractivity contribution >= 4 is 39.3 Å². The molecule has 0 aliphatic carbocycles. The molecule has 0 aliphatic rings. The molecule has 0 radical (unpaired) electrons. The van der Waals surface area contributed by atoms with E-state index in [2.05, 4.69) is 39.7 Å². The number of pyridine rings is 1. The van der Waals surface area contributed by atoms with Crippen LogP contribution in [0.2, 0.25) is 0 Å². The fourth-order valence-corrected chi connectivity index (χ4v) is 2.32. The highest BCUT2D eigenvalue weighted by molar-refractivity contribution is 9.10. The summed E-state index contributed by atoms with van der Waals surface area (Å²) in [5, 5.41) is 0. The Morgan fingerprint density at radius 2 is 2.33 bits per heavy atom. The lowest BCUT2D eigenvalue weighted by Gasteiger charge is -2.07. The SMILES string of the molecule is CC(C)COCCn1c(=S)[nH]c2cc(Br)cnc21. The first-order valence-electron chi connectivity index (χ1n) is 5.89. The van der Waals surface area contributed by atoms with Crippen LogP contribution in [-0.2, 0) is 11.3 Å². The summed E-state index contributed by atoms with van der Waals surface area (Å²) >= 11 is 8.69. The molecule has 0 unspecified atom stereocenters. The number of fused-ring (bicyclic) bond motifs is 1. The van der Waals surface area contributed by atoms with Crippen molar-refractivity contribution in [2.24, 2.45) is 5.92 Å². The third-order valence-corrected chi connectivity index (χ3v) is 3.24. The third-order valence-electron chi connectivity index (χ3n) is 2.49. The van der Waals surface area contributed by atoms with Gasteiger partial charge in [-0.05, 0) is 40.1 Å². The lowest BCUT2D eigenvalue weighted by atomic mass is 10.2. The molecule has 0 spiro atoms. The second kappa shape index (κ2) is 5.95. The van der Waals surface area contributed by atoms with Crippen LogP contribution in [0.15, 0.2) is 16.7 Å². The summed E-state index contributed by atoms with van der Waals surface area (Å²) in [5.74, 6) is 0.551. The van der Waals surface area contributed by atoms with Crippen LogP contribution in [0.1, 0.15) is 13.8 Å². The van der Waals surface area contributed by atoms with Crippen molar-refractivity contribution in [1.82, 2.24) is 14.5 Å². The number of rotatable bonds is 5. The van der Waals surface area contributed by atoms with Crippen LogP contribution in [0.4, 0.5) is 0 Å². The van der Waals surface area contributed by atoms with Gasteiger partial charge >= 0.3 is 0 Å². The van der Waals surface area contributed by atoms with Gasteiger partial charge < -0.3 is 9.72 Å². The smallest absolute Gasteiger partial charge is 0.179 e. The predicted octanol–water partition coefficient (Wildman–Crippen LogP) is 3.53. The Morgan fingerprint density at radius 3 is 3.06 bits per heavy atom. The van der Waals surface area contributed by atoms with Crippen molar-refractivity contribution in [3.05, 3.63) is 21.5 Å². The lowest BCUT2D eigenvalue weighted by molar-refractivity contribution is 0.103. The average Bonchev–Trinajstić information content (AvgIpc) is 2.59. The van der Waals surface area contributed by atoms with Gasteiger partial charge in [0, 0.05) is 17.3 Å². The summed E-state index contributed by atoms with van der Waals surface area (Å²) < 4.78 is 9.17. The summed E-state index contributed by atoms with van der Waals surface area (Å²) in [6.45, 7) is 6.42. The number of H-pyrrole nitrogens is 1. The van der Waals surface area contributed by atoms with Gasteiger partial charge in [0.2, 0.25) is 0 Å². The molecule has 2 heterocycles. The summed E-state index contributed by atoms with van der Waals surface area (Å²) in [7, 11) is 0. The number of nitrogens with zero attached hydrogens (tertiary/aromatic N) is 2. The minimum absolute atomic E-state index is 0.551. The van der Waals surface area contributed by atoms with E-state index in [4.69, 9.17) is 17.0 Å². The maximum atomic E-state index is 5.58. The molecule has 4 nitrogen and oxygen atoms in total. The van der Waals surface area contributed by atoms with Crippen molar-refractivity contribution in [3.8, 4) is 0 Å². The van der Waals surface area contributed by atoms with Crippen LogP contribution in [-0.4, -0.2) is 27.7 Å². The van der Waals surface area contributed by atoms with Crippen LogP contribution >= 0.6 is 28.1 Å². The van der Waals surface area contributed by atoms with Gasteiger partial charge in [0.15, 0.2) is 10.4 Å². The summed E-state index contributed by atoms with van der Waals surface area (Å²) in [4.78, 5) is 7.53. The molecule has 0 aromatic carbocycles. The van der Waals surface area contributed by atoms with E-state index >= 15 is 0 Å². The molecule has 0 atom stereocenters. The first-order chi connectivity index (χ1) is 8.58. The Labute approximate surface area is 120 Å². The van der Waals surface area contributed by atoms with E-state index in [9.17, 15) is 0 Å². The molecule has 0 saturated carbocycles. The molecule has 2 aromatic heterocycles. The maximum Gasteiger partial charge on any atom is 0.179 e. The molecule has 98 valence electrons. The summed E-state index contributed by atoms with van der Waals surface area (Å²) in [5.41, 5.74) is 1.81. The number of imidazole rings is 1. The fourth-order valence-electron chi connectivity index (χ4n) is 1.70. The second-order valence-electron chi connectivity index (χ2n) is 4.58. The van der Waals surface area contributed by atoms with Crippen LogP contribution in [0.3, 0.4) is 0 Å². The summed E-state index contributed by atoms with van der Waals surface area (Å²) in [6, 6.07) is 1.98. The van der Waals surface area contributed by atoms with E-state index in [0.29, 0.717) is 17.3 Å². The molecule has 6 heteroatoms. The highest BCUT2D eigenvalue weighted by Gasteiger charge is 2.06. The Kier molecular flexibility index (Phi) is 4.53. The van der Waals surface area contributed by atoms with Crippen LogP contribution < -0.4 is 0 Å². The zero-order valence-corrected chi connectivity index (χ0v) is 12.8. The molecule has 2 aromatic rings. The van der Waals surface area contributed by atoms with Crippen molar-refractivity contribution in [2.45, 2.75) is 20.4 Å². The van der Waals surface area contributed by atoms with Crippen molar-refractivity contribution < 1.29 is 4.74 Å². The number of hydrogen-bond acceptors (Lipinski definition) is 3. The Hall–Kier alpha value is -0.720. The first kappa shape index (κ1) is 13.7. The Bertz CT molecular complexity index is 591. The maximum absolute atomic E-state index is 5.58.